The lowest BCUT2D eigenvalue weighted by atomic mass is 9.92. The summed E-state index contributed by atoms with van der Waals surface area (Å²) in [6, 6.07) is 1.35. The molecule has 0 radical (unpaired) electrons. The normalized spacial score (nSPS) is 22.3. The molecule has 2 aromatic rings. The van der Waals surface area contributed by atoms with Crippen LogP contribution in [-0.2, 0) is 23.9 Å². The number of amides is 1. The molecule has 0 bridgehead atoms. The maximum atomic E-state index is 13.1. The summed E-state index contributed by atoms with van der Waals surface area (Å²) in [5.41, 5.74) is -1.14. The SMILES string of the molecule is CC1Cc2nn(Cc3ccc(C(F)(F)F)nc3)c(=O)n2C(C(=O)N2CC(F)C2)C1. The van der Waals surface area contributed by atoms with Crippen molar-refractivity contribution in [2.45, 2.75) is 44.7 Å². The van der Waals surface area contributed by atoms with Crippen LogP contribution in [0.1, 0.15) is 36.5 Å². The number of likely N-dealkylation sites (tertiary alicyclic amines) is 1. The predicted molar refractivity (Wildman–Crippen MR) is 92.8 cm³/mol. The minimum atomic E-state index is -4.54. The Balaban J connectivity index is 1.60. The van der Waals surface area contributed by atoms with Gasteiger partial charge in [-0.05, 0) is 24.0 Å². The lowest BCUT2D eigenvalue weighted by Crippen LogP contribution is -2.55. The molecule has 29 heavy (non-hydrogen) atoms. The maximum absolute atomic E-state index is 13.1. The fraction of sp³-hybridized carbons (Fsp3) is 0.556. The predicted octanol–water partition coefficient (Wildman–Crippen LogP) is 1.81. The van der Waals surface area contributed by atoms with E-state index in [-0.39, 0.29) is 31.5 Å². The van der Waals surface area contributed by atoms with E-state index in [1.807, 2.05) is 6.92 Å². The zero-order valence-corrected chi connectivity index (χ0v) is 15.6. The molecule has 11 heteroatoms. The number of carbonyl (C=O) groups is 1. The van der Waals surface area contributed by atoms with Gasteiger partial charge in [-0.25, -0.2) is 13.9 Å². The number of hydrogen-bond acceptors (Lipinski definition) is 4. The van der Waals surface area contributed by atoms with Crippen molar-refractivity contribution in [2.75, 3.05) is 13.1 Å². The van der Waals surface area contributed by atoms with Gasteiger partial charge in [0.15, 0.2) is 0 Å². The molecular weight excluding hydrogens is 394 g/mol. The Labute approximate surface area is 162 Å². The van der Waals surface area contributed by atoms with E-state index in [1.165, 1.54) is 15.5 Å². The van der Waals surface area contributed by atoms with E-state index in [9.17, 15) is 27.2 Å². The van der Waals surface area contributed by atoms with Crippen molar-refractivity contribution in [2.24, 2.45) is 5.92 Å². The second-order valence-corrected chi connectivity index (χ2v) is 7.68. The molecule has 2 aliphatic heterocycles. The van der Waals surface area contributed by atoms with Crippen molar-refractivity contribution in [3.63, 3.8) is 0 Å². The van der Waals surface area contributed by atoms with Crippen molar-refractivity contribution in [1.29, 1.82) is 0 Å². The van der Waals surface area contributed by atoms with Crippen molar-refractivity contribution in [3.8, 4) is 0 Å². The van der Waals surface area contributed by atoms with Crippen molar-refractivity contribution in [3.05, 3.63) is 45.9 Å². The van der Waals surface area contributed by atoms with Gasteiger partial charge in [-0.3, -0.25) is 14.3 Å². The first-order chi connectivity index (χ1) is 13.6. The molecule has 1 fully saturated rings. The Morgan fingerprint density at radius 3 is 2.59 bits per heavy atom. The van der Waals surface area contributed by atoms with Gasteiger partial charge in [0.1, 0.15) is 23.7 Å². The van der Waals surface area contributed by atoms with Crippen molar-refractivity contribution in [1.82, 2.24) is 24.2 Å². The van der Waals surface area contributed by atoms with Crippen LogP contribution in [0.3, 0.4) is 0 Å². The molecule has 2 aliphatic rings. The number of halogens is 4. The number of fused-ring (bicyclic) bond motifs is 1. The quantitative estimate of drug-likeness (QED) is 0.720. The third-order valence-electron chi connectivity index (χ3n) is 5.29. The van der Waals surface area contributed by atoms with E-state index in [0.29, 0.717) is 24.2 Å². The molecule has 4 heterocycles. The fourth-order valence-corrected chi connectivity index (χ4v) is 3.79. The van der Waals surface area contributed by atoms with Gasteiger partial charge in [-0.1, -0.05) is 13.0 Å². The van der Waals surface area contributed by atoms with Crippen LogP contribution in [0, 0.1) is 5.92 Å². The standard InChI is InChI=1S/C18H19F4N5O2/c1-10-4-13(16(28)25-8-12(19)9-25)27-15(5-10)24-26(17(27)29)7-11-2-3-14(23-6-11)18(20,21)22/h2-3,6,10,12-13H,4-5,7-9H2,1H3. The molecular formula is C18H19F4N5O2. The third-order valence-corrected chi connectivity index (χ3v) is 5.29. The number of pyridine rings is 1. The first-order valence-electron chi connectivity index (χ1n) is 9.26. The number of carbonyl (C=O) groups excluding carboxylic acids is 1. The van der Waals surface area contributed by atoms with Gasteiger partial charge in [0.25, 0.3) is 0 Å². The first-order valence-corrected chi connectivity index (χ1v) is 9.26. The van der Waals surface area contributed by atoms with E-state index >= 15 is 0 Å². The molecule has 1 amide bonds. The molecule has 4 rings (SSSR count). The summed E-state index contributed by atoms with van der Waals surface area (Å²) >= 11 is 0. The van der Waals surface area contributed by atoms with Crippen LogP contribution < -0.4 is 5.69 Å². The first kappa shape index (κ1) is 19.6. The fourth-order valence-electron chi connectivity index (χ4n) is 3.79. The Kier molecular flexibility index (Phi) is 4.70. The maximum Gasteiger partial charge on any atom is 0.433 e. The van der Waals surface area contributed by atoms with E-state index in [1.54, 1.807) is 0 Å². The molecule has 0 N–H and O–H groups in total. The number of aromatic nitrogens is 4. The van der Waals surface area contributed by atoms with Crippen LogP contribution in [-0.4, -0.2) is 49.4 Å². The lowest BCUT2D eigenvalue weighted by molar-refractivity contribution is -0.143. The molecule has 2 unspecified atom stereocenters. The van der Waals surface area contributed by atoms with E-state index in [0.717, 1.165) is 16.9 Å². The monoisotopic (exact) mass is 413 g/mol. The summed E-state index contributed by atoms with van der Waals surface area (Å²) in [5.74, 6) is 0.260. The molecule has 0 spiro atoms. The third kappa shape index (κ3) is 3.65. The Hall–Kier alpha value is -2.72. The zero-order valence-electron chi connectivity index (χ0n) is 15.6. The molecule has 2 aromatic heterocycles. The second kappa shape index (κ2) is 6.96. The van der Waals surface area contributed by atoms with Crippen LogP contribution in [0.4, 0.5) is 17.6 Å². The van der Waals surface area contributed by atoms with Gasteiger partial charge in [0.2, 0.25) is 5.91 Å². The highest BCUT2D eigenvalue weighted by Crippen LogP contribution is 2.30. The molecule has 1 saturated heterocycles. The Morgan fingerprint density at radius 1 is 1.28 bits per heavy atom. The smallest absolute Gasteiger partial charge is 0.335 e. The van der Waals surface area contributed by atoms with Crippen molar-refractivity contribution < 1.29 is 22.4 Å². The van der Waals surface area contributed by atoms with Gasteiger partial charge < -0.3 is 4.90 Å². The van der Waals surface area contributed by atoms with Gasteiger partial charge in [-0.2, -0.15) is 18.3 Å². The summed E-state index contributed by atoms with van der Waals surface area (Å²) in [7, 11) is 0. The van der Waals surface area contributed by atoms with E-state index in [2.05, 4.69) is 10.1 Å². The number of rotatable bonds is 3. The van der Waals surface area contributed by atoms with E-state index < -0.39 is 29.8 Å². The highest BCUT2D eigenvalue weighted by atomic mass is 19.4. The highest BCUT2D eigenvalue weighted by molar-refractivity contribution is 5.81. The average Bonchev–Trinajstić information content (AvgIpc) is 2.93. The zero-order chi connectivity index (χ0) is 20.9. The summed E-state index contributed by atoms with van der Waals surface area (Å²) in [4.78, 5) is 30.4. The minimum absolute atomic E-state index is 0.0269. The number of alkyl halides is 4. The van der Waals surface area contributed by atoms with Crippen LogP contribution in [0.15, 0.2) is 23.1 Å². The molecule has 0 aliphatic carbocycles. The van der Waals surface area contributed by atoms with Crippen LogP contribution in [0.25, 0.3) is 0 Å². The highest BCUT2D eigenvalue weighted by Gasteiger charge is 2.40. The lowest BCUT2D eigenvalue weighted by Gasteiger charge is -2.38. The van der Waals surface area contributed by atoms with Crippen LogP contribution >= 0.6 is 0 Å². The van der Waals surface area contributed by atoms with E-state index in [4.69, 9.17) is 0 Å². The summed E-state index contributed by atoms with van der Waals surface area (Å²) < 4.78 is 53.6. The molecule has 2 atom stereocenters. The summed E-state index contributed by atoms with van der Waals surface area (Å²) in [5, 5.41) is 4.29. The topological polar surface area (TPSA) is 73.0 Å². The average molecular weight is 413 g/mol. The Morgan fingerprint density at radius 2 is 2.00 bits per heavy atom. The summed E-state index contributed by atoms with van der Waals surface area (Å²) in [6.07, 6.45) is -3.57. The van der Waals surface area contributed by atoms with Gasteiger partial charge in [-0.15, -0.1) is 0 Å². The van der Waals surface area contributed by atoms with Gasteiger partial charge >= 0.3 is 11.9 Å². The van der Waals surface area contributed by atoms with Gasteiger partial charge in [0, 0.05) is 12.6 Å². The summed E-state index contributed by atoms with van der Waals surface area (Å²) in [6.45, 7) is 1.94. The second-order valence-electron chi connectivity index (χ2n) is 7.68. The largest absolute Gasteiger partial charge is 0.433 e. The molecule has 0 aromatic carbocycles. The van der Waals surface area contributed by atoms with Gasteiger partial charge in [0.05, 0.1) is 19.6 Å². The molecule has 156 valence electrons. The van der Waals surface area contributed by atoms with Crippen LogP contribution in [0.5, 0.6) is 0 Å². The number of nitrogens with zero attached hydrogens (tertiary/aromatic N) is 5. The molecule has 7 nitrogen and oxygen atoms in total. The molecule has 0 saturated carbocycles. The number of hydrogen-bond donors (Lipinski definition) is 0. The minimum Gasteiger partial charge on any atom is -0.335 e. The van der Waals surface area contributed by atoms with Crippen molar-refractivity contribution >= 4 is 5.91 Å². The van der Waals surface area contributed by atoms with Crippen LogP contribution in [0.2, 0.25) is 0 Å². The Bertz CT molecular complexity index is 976.